The molecule has 1 N–H and O–H groups in total. The van der Waals surface area contributed by atoms with Gasteiger partial charge >= 0.3 is 0 Å². The van der Waals surface area contributed by atoms with Gasteiger partial charge in [0.2, 0.25) is 0 Å². The highest BCUT2D eigenvalue weighted by Crippen LogP contribution is 2.30. The second-order valence-corrected chi connectivity index (χ2v) is 9.77. The first kappa shape index (κ1) is 20.9. The number of nitrogens with zero attached hydrogens (tertiary/aromatic N) is 2. The number of sulfonamides is 1. The number of hydrogen-bond acceptors (Lipinski definition) is 6. The average Bonchev–Trinajstić information content (AvgIpc) is 3.12. The Hall–Kier alpha value is -3.36. The van der Waals surface area contributed by atoms with Crippen molar-refractivity contribution in [1.29, 1.82) is 0 Å². The summed E-state index contributed by atoms with van der Waals surface area (Å²) in [5, 5.41) is 0.987. The van der Waals surface area contributed by atoms with E-state index in [1.165, 1.54) is 12.1 Å². The Morgan fingerprint density at radius 3 is 2.16 bits per heavy atom. The minimum atomic E-state index is -3.92. The van der Waals surface area contributed by atoms with Crippen molar-refractivity contribution in [2.45, 2.75) is 18.7 Å². The van der Waals surface area contributed by atoms with Gasteiger partial charge in [0.05, 0.1) is 31.9 Å². The third kappa shape index (κ3) is 4.55. The summed E-state index contributed by atoms with van der Waals surface area (Å²) in [6, 6.07) is 20.2. The molecule has 0 radical (unpaired) electrons. The van der Waals surface area contributed by atoms with E-state index in [4.69, 9.17) is 4.98 Å². The lowest BCUT2D eigenvalue weighted by Gasteiger charge is -2.08. The van der Waals surface area contributed by atoms with E-state index >= 15 is 0 Å². The molecule has 0 fully saturated rings. The fraction of sp³-hybridized carbons (Fsp3) is 0.0870. The second kappa shape index (κ2) is 8.41. The number of thiazole rings is 1. The predicted octanol–water partition coefficient (Wildman–Crippen LogP) is 4.61. The number of rotatable bonds is 5. The van der Waals surface area contributed by atoms with E-state index in [0.29, 0.717) is 0 Å². The quantitative estimate of drug-likeness (QED) is 0.481. The van der Waals surface area contributed by atoms with Crippen molar-refractivity contribution in [2.24, 2.45) is 0 Å². The standard InChI is InChI=1S/C23H19N3O3S2/c1-15-22(30-16(2)24-15)21-10-6-9-20(25-21)17-11-13-18(14-12-17)23(27)26-31(28,29)19-7-4-3-5-8-19/h3-14H,1-2H3,(H,26,27). The number of hydrogen-bond donors (Lipinski definition) is 1. The van der Waals surface area contributed by atoms with Crippen molar-refractivity contribution in [3.63, 3.8) is 0 Å². The normalized spacial score (nSPS) is 11.3. The largest absolute Gasteiger partial charge is 0.268 e. The first-order chi connectivity index (χ1) is 14.8. The van der Waals surface area contributed by atoms with Crippen LogP contribution in [0.2, 0.25) is 0 Å². The number of carbonyl (C=O) groups is 1. The van der Waals surface area contributed by atoms with Gasteiger partial charge in [-0.25, -0.2) is 23.1 Å². The Morgan fingerprint density at radius 2 is 1.52 bits per heavy atom. The molecular formula is C23H19N3O3S2. The summed E-state index contributed by atoms with van der Waals surface area (Å²) in [5.41, 5.74) is 3.61. The topological polar surface area (TPSA) is 89.0 Å². The van der Waals surface area contributed by atoms with Crippen LogP contribution < -0.4 is 4.72 Å². The van der Waals surface area contributed by atoms with E-state index in [-0.39, 0.29) is 10.5 Å². The van der Waals surface area contributed by atoms with E-state index in [1.54, 1.807) is 53.8 Å². The average molecular weight is 450 g/mol. The molecule has 2 aromatic heterocycles. The molecule has 0 saturated heterocycles. The molecule has 0 unspecified atom stereocenters. The van der Waals surface area contributed by atoms with Crippen LogP contribution in [0.3, 0.4) is 0 Å². The fourth-order valence-electron chi connectivity index (χ4n) is 3.12. The maximum atomic E-state index is 12.4. The number of nitrogens with one attached hydrogen (secondary N) is 1. The van der Waals surface area contributed by atoms with Crippen LogP contribution in [0.25, 0.3) is 21.8 Å². The molecule has 0 spiro atoms. The van der Waals surface area contributed by atoms with Gasteiger partial charge < -0.3 is 0 Å². The van der Waals surface area contributed by atoms with Gasteiger partial charge in [0.15, 0.2) is 0 Å². The highest BCUT2D eigenvalue weighted by atomic mass is 32.2. The summed E-state index contributed by atoms with van der Waals surface area (Å²) >= 11 is 1.60. The van der Waals surface area contributed by atoms with E-state index in [1.807, 2.05) is 32.0 Å². The SMILES string of the molecule is Cc1nc(C)c(-c2cccc(-c3ccc(C(=O)NS(=O)(=O)c4ccccc4)cc3)n2)s1. The first-order valence-corrected chi connectivity index (χ1v) is 11.8. The molecule has 0 aliphatic heterocycles. The molecule has 0 atom stereocenters. The van der Waals surface area contributed by atoms with Crippen molar-refractivity contribution in [2.75, 3.05) is 0 Å². The number of aryl methyl sites for hydroxylation is 2. The maximum Gasteiger partial charge on any atom is 0.264 e. The van der Waals surface area contributed by atoms with Gasteiger partial charge in [-0.2, -0.15) is 0 Å². The van der Waals surface area contributed by atoms with Crippen LogP contribution in [0, 0.1) is 13.8 Å². The number of pyridine rings is 1. The summed E-state index contributed by atoms with van der Waals surface area (Å²) in [5.74, 6) is -0.687. The maximum absolute atomic E-state index is 12.4. The molecule has 8 heteroatoms. The lowest BCUT2D eigenvalue weighted by atomic mass is 10.1. The molecule has 4 rings (SSSR count). The Bertz CT molecular complexity index is 1350. The van der Waals surface area contributed by atoms with Crippen molar-refractivity contribution in [1.82, 2.24) is 14.7 Å². The van der Waals surface area contributed by atoms with Gasteiger partial charge in [0.25, 0.3) is 15.9 Å². The first-order valence-electron chi connectivity index (χ1n) is 9.47. The van der Waals surface area contributed by atoms with Crippen molar-refractivity contribution >= 4 is 27.3 Å². The van der Waals surface area contributed by atoms with E-state index < -0.39 is 15.9 Å². The molecule has 0 bridgehead atoms. The zero-order chi connectivity index (χ0) is 22.0. The molecule has 0 saturated carbocycles. The number of aromatic nitrogens is 2. The van der Waals surface area contributed by atoms with Gasteiger partial charge in [0.1, 0.15) is 0 Å². The molecule has 0 aliphatic carbocycles. The Labute approximate surface area is 184 Å². The summed E-state index contributed by atoms with van der Waals surface area (Å²) < 4.78 is 26.8. The highest BCUT2D eigenvalue weighted by molar-refractivity contribution is 7.90. The molecule has 2 heterocycles. The number of benzene rings is 2. The van der Waals surface area contributed by atoms with Crippen LogP contribution in [0.15, 0.2) is 77.7 Å². The summed E-state index contributed by atoms with van der Waals surface area (Å²) in [6.45, 7) is 3.93. The molecule has 2 aromatic carbocycles. The molecular weight excluding hydrogens is 430 g/mol. The summed E-state index contributed by atoms with van der Waals surface area (Å²) in [6.07, 6.45) is 0. The molecule has 6 nitrogen and oxygen atoms in total. The van der Waals surface area contributed by atoms with Crippen LogP contribution in [0.4, 0.5) is 0 Å². The van der Waals surface area contributed by atoms with E-state index in [9.17, 15) is 13.2 Å². The zero-order valence-electron chi connectivity index (χ0n) is 16.9. The smallest absolute Gasteiger partial charge is 0.264 e. The lowest BCUT2D eigenvalue weighted by molar-refractivity contribution is 0.0981. The zero-order valence-corrected chi connectivity index (χ0v) is 18.5. The summed E-state index contributed by atoms with van der Waals surface area (Å²) in [7, 11) is -3.92. The van der Waals surface area contributed by atoms with Crippen LogP contribution in [0.5, 0.6) is 0 Å². The number of carbonyl (C=O) groups excluding carboxylic acids is 1. The Kier molecular flexibility index (Phi) is 5.67. The van der Waals surface area contributed by atoms with Gasteiger partial charge in [0, 0.05) is 11.1 Å². The molecule has 31 heavy (non-hydrogen) atoms. The minimum absolute atomic E-state index is 0.0367. The molecule has 4 aromatic rings. The van der Waals surface area contributed by atoms with Gasteiger partial charge in [-0.15, -0.1) is 11.3 Å². The minimum Gasteiger partial charge on any atom is -0.268 e. The van der Waals surface area contributed by atoms with Crippen molar-refractivity contribution in [3.05, 3.63) is 89.1 Å². The lowest BCUT2D eigenvalue weighted by Crippen LogP contribution is -2.30. The Morgan fingerprint density at radius 1 is 0.839 bits per heavy atom. The van der Waals surface area contributed by atoms with Crippen LogP contribution in [-0.2, 0) is 10.0 Å². The van der Waals surface area contributed by atoms with Gasteiger partial charge in [-0.3, -0.25) is 4.79 Å². The van der Waals surface area contributed by atoms with Crippen LogP contribution in [-0.4, -0.2) is 24.3 Å². The third-order valence-electron chi connectivity index (χ3n) is 4.61. The molecule has 0 aliphatic rings. The second-order valence-electron chi connectivity index (χ2n) is 6.88. The Balaban J connectivity index is 1.55. The van der Waals surface area contributed by atoms with Crippen molar-refractivity contribution < 1.29 is 13.2 Å². The predicted molar refractivity (Wildman–Crippen MR) is 121 cm³/mol. The van der Waals surface area contributed by atoms with Crippen LogP contribution >= 0.6 is 11.3 Å². The molecule has 1 amide bonds. The molecule has 156 valence electrons. The third-order valence-corrected chi connectivity index (χ3v) is 7.05. The summed E-state index contributed by atoms with van der Waals surface area (Å²) in [4.78, 5) is 22.7. The highest BCUT2D eigenvalue weighted by Gasteiger charge is 2.18. The monoisotopic (exact) mass is 449 g/mol. The van der Waals surface area contributed by atoms with Gasteiger partial charge in [-0.05, 0) is 50.2 Å². The van der Waals surface area contributed by atoms with Crippen molar-refractivity contribution in [3.8, 4) is 21.8 Å². The fourth-order valence-corrected chi connectivity index (χ4v) is 5.01. The van der Waals surface area contributed by atoms with Crippen LogP contribution in [0.1, 0.15) is 21.1 Å². The van der Waals surface area contributed by atoms with E-state index in [2.05, 4.69) is 9.71 Å². The van der Waals surface area contributed by atoms with Gasteiger partial charge in [-0.1, -0.05) is 36.4 Å². The number of amides is 1. The van der Waals surface area contributed by atoms with E-state index in [0.717, 1.165) is 32.5 Å².